The van der Waals surface area contributed by atoms with Crippen LogP contribution in [-0.2, 0) is 0 Å². The second-order valence-corrected chi connectivity index (χ2v) is 5.91. The van der Waals surface area contributed by atoms with Gasteiger partial charge in [0, 0.05) is 26.1 Å². The first kappa shape index (κ1) is 16.6. The molecule has 0 radical (unpaired) electrons. The van der Waals surface area contributed by atoms with Crippen LogP contribution in [0.25, 0.3) is 0 Å². The molecule has 1 N–H and O–H groups in total. The van der Waals surface area contributed by atoms with Crippen LogP contribution in [0.3, 0.4) is 0 Å². The number of anilines is 1. The lowest BCUT2D eigenvalue weighted by atomic mass is 10.3. The summed E-state index contributed by atoms with van der Waals surface area (Å²) in [5.41, 5.74) is -0.145. The van der Waals surface area contributed by atoms with Gasteiger partial charge in [-0.1, -0.05) is 11.3 Å². The number of nitrogens with zero attached hydrogens (tertiary/aromatic N) is 3. The van der Waals surface area contributed by atoms with E-state index in [-0.39, 0.29) is 22.4 Å². The van der Waals surface area contributed by atoms with Gasteiger partial charge in [-0.25, -0.2) is 9.78 Å². The van der Waals surface area contributed by atoms with Crippen molar-refractivity contribution in [3.63, 3.8) is 0 Å². The molecule has 1 unspecified atom stereocenters. The molecule has 7 heteroatoms. The topological polar surface area (TPSA) is 73.7 Å². The van der Waals surface area contributed by atoms with Gasteiger partial charge in [0.15, 0.2) is 16.6 Å². The summed E-state index contributed by atoms with van der Waals surface area (Å²) in [7, 11) is 3.96. The molecule has 20 heavy (non-hydrogen) atoms. The Bertz CT molecular complexity index is 468. The molecule has 0 aliphatic rings. The first-order valence-electron chi connectivity index (χ1n) is 6.44. The number of ketones is 1. The number of Topliss-reactive ketones (excluding diaryl/α,β-unsaturated/α-hetero) is 1. The number of hydrogen-bond acceptors (Lipinski definition) is 6. The molecule has 0 aliphatic carbocycles. The van der Waals surface area contributed by atoms with Gasteiger partial charge in [0.1, 0.15) is 4.88 Å². The minimum Gasteiger partial charge on any atom is -0.476 e. The molecule has 0 aromatic carbocycles. The van der Waals surface area contributed by atoms with Gasteiger partial charge in [0.25, 0.3) is 0 Å². The Hall–Kier alpha value is -1.47. The van der Waals surface area contributed by atoms with Gasteiger partial charge >= 0.3 is 5.97 Å². The zero-order chi connectivity index (χ0) is 15.4. The number of likely N-dealkylation sites (N-methyl/N-ethyl adjacent to an activating group) is 2. The Kier molecular flexibility index (Phi) is 5.64. The van der Waals surface area contributed by atoms with Crippen LogP contribution in [-0.4, -0.2) is 60.0 Å². The van der Waals surface area contributed by atoms with Crippen LogP contribution in [0.2, 0.25) is 0 Å². The lowest BCUT2D eigenvalue weighted by molar-refractivity contribution is 0.0687. The van der Waals surface area contributed by atoms with Crippen LogP contribution < -0.4 is 4.90 Å². The van der Waals surface area contributed by atoms with Crippen LogP contribution >= 0.6 is 11.3 Å². The van der Waals surface area contributed by atoms with Crippen molar-refractivity contribution in [3.8, 4) is 0 Å². The molecule has 112 valence electrons. The number of rotatable bonds is 7. The minimum atomic E-state index is -1.16. The summed E-state index contributed by atoms with van der Waals surface area (Å²) in [5.74, 6) is -1.42. The molecule has 0 fully saturated rings. The molecule has 1 atom stereocenters. The number of aromatic carboxylic acids is 1. The van der Waals surface area contributed by atoms with E-state index in [4.69, 9.17) is 5.11 Å². The molecular formula is C13H21N3O3S. The predicted octanol–water partition coefficient (Wildman–Crippen LogP) is 1.82. The van der Waals surface area contributed by atoms with Crippen LogP contribution in [0, 0.1) is 0 Å². The van der Waals surface area contributed by atoms with Crippen LogP contribution in [0.4, 0.5) is 5.13 Å². The Morgan fingerprint density at radius 3 is 2.35 bits per heavy atom. The molecule has 0 saturated heterocycles. The maximum atomic E-state index is 11.5. The van der Waals surface area contributed by atoms with Crippen molar-refractivity contribution in [2.45, 2.75) is 26.8 Å². The highest BCUT2D eigenvalue weighted by Gasteiger charge is 2.24. The summed E-state index contributed by atoms with van der Waals surface area (Å²) in [5, 5.41) is 9.72. The van der Waals surface area contributed by atoms with Crippen molar-refractivity contribution in [2.75, 3.05) is 32.1 Å². The molecule has 1 aromatic heterocycles. The Labute approximate surface area is 123 Å². The number of carbonyl (C=O) groups is 2. The van der Waals surface area contributed by atoms with Gasteiger partial charge in [-0.05, 0) is 27.9 Å². The summed E-state index contributed by atoms with van der Waals surface area (Å²) in [6.45, 7) is 6.94. The third-order valence-corrected chi connectivity index (χ3v) is 4.08. The van der Waals surface area contributed by atoms with Crippen LogP contribution in [0.1, 0.15) is 40.9 Å². The molecule has 0 saturated carbocycles. The fraction of sp³-hybridized carbons (Fsp3) is 0.615. The smallest absolute Gasteiger partial charge is 0.356 e. The first-order valence-corrected chi connectivity index (χ1v) is 7.26. The number of aromatic nitrogens is 1. The number of carbonyl (C=O) groups excluding carboxylic acids is 1. The fourth-order valence-electron chi connectivity index (χ4n) is 2.08. The third kappa shape index (κ3) is 3.77. The Morgan fingerprint density at radius 1 is 1.40 bits per heavy atom. The maximum absolute atomic E-state index is 11.5. The third-order valence-electron chi connectivity index (χ3n) is 2.89. The summed E-state index contributed by atoms with van der Waals surface area (Å²) in [6, 6.07) is 0.183. The van der Waals surface area contributed by atoms with Crippen molar-refractivity contribution in [3.05, 3.63) is 10.6 Å². The van der Waals surface area contributed by atoms with E-state index in [2.05, 4.69) is 16.8 Å². The van der Waals surface area contributed by atoms with Crippen molar-refractivity contribution < 1.29 is 14.7 Å². The number of carboxylic acid groups (broad SMARTS) is 1. The Balaban J connectivity index is 3.13. The van der Waals surface area contributed by atoms with Crippen LogP contribution in [0.5, 0.6) is 0 Å². The summed E-state index contributed by atoms with van der Waals surface area (Å²) < 4.78 is 0. The zero-order valence-electron chi connectivity index (χ0n) is 12.5. The average molecular weight is 299 g/mol. The highest BCUT2D eigenvalue weighted by Crippen LogP contribution is 2.28. The molecule has 0 amide bonds. The van der Waals surface area contributed by atoms with Crippen molar-refractivity contribution in [1.29, 1.82) is 0 Å². The predicted molar refractivity (Wildman–Crippen MR) is 80.1 cm³/mol. The second kappa shape index (κ2) is 6.81. The summed E-state index contributed by atoms with van der Waals surface area (Å²) in [6.07, 6.45) is 0. The molecule has 1 heterocycles. The van der Waals surface area contributed by atoms with E-state index in [1.165, 1.54) is 6.92 Å². The second-order valence-electron chi connectivity index (χ2n) is 4.93. The Morgan fingerprint density at radius 2 is 2.00 bits per heavy atom. The zero-order valence-corrected chi connectivity index (χ0v) is 13.3. The lowest BCUT2D eigenvalue weighted by Gasteiger charge is -2.29. The largest absolute Gasteiger partial charge is 0.476 e. The first-order chi connectivity index (χ1) is 9.27. The quantitative estimate of drug-likeness (QED) is 0.774. The molecule has 0 aliphatic heterocycles. The SMILES string of the molecule is CCN(c1nc(C(=O)O)c(C(C)=O)s1)C(C)CN(C)C. The van der Waals surface area contributed by atoms with Crippen molar-refractivity contribution >= 4 is 28.2 Å². The van der Waals surface area contributed by atoms with Gasteiger partial charge in [0.05, 0.1) is 0 Å². The summed E-state index contributed by atoms with van der Waals surface area (Å²) in [4.78, 5) is 31.1. The molecule has 0 bridgehead atoms. The standard InChI is InChI=1S/C13H21N3O3S/c1-6-16(8(2)7-15(4)5)13-14-10(12(18)19)11(20-13)9(3)17/h8H,6-7H2,1-5H3,(H,18,19). The highest BCUT2D eigenvalue weighted by molar-refractivity contribution is 7.17. The molecule has 0 spiro atoms. The average Bonchev–Trinajstić information content (AvgIpc) is 2.74. The van der Waals surface area contributed by atoms with E-state index < -0.39 is 5.97 Å². The number of hydrogen-bond donors (Lipinski definition) is 1. The highest BCUT2D eigenvalue weighted by atomic mass is 32.1. The minimum absolute atomic E-state index is 0.145. The number of thiazole rings is 1. The monoisotopic (exact) mass is 299 g/mol. The van der Waals surface area contributed by atoms with Crippen LogP contribution in [0.15, 0.2) is 0 Å². The summed E-state index contributed by atoms with van der Waals surface area (Å²) >= 11 is 1.15. The van der Waals surface area contributed by atoms with Gasteiger partial charge in [-0.2, -0.15) is 0 Å². The number of carboxylic acids is 1. The lowest BCUT2D eigenvalue weighted by Crippen LogP contribution is -2.40. The molecule has 6 nitrogen and oxygen atoms in total. The molecule has 1 rings (SSSR count). The van der Waals surface area contributed by atoms with Gasteiger partial charge < -0.3 is 14.9 Å². The molecular weight excluding hydrogens is 278 g/mol. The van der Waals surface area contributed by atoms with Crippen molar-refractivity contribution in [1.82, 2.24) is 9.88 Å². The fourth-order valence-corrected chi connectivity index (χ4v) is 3.20. The van der Waals surface area contributed by atoms with E-state index >= 15 is 0 Å². The van der Waals surface area contributed by atoms with Gasteiger partial charge in [0.2, 0.25) is 0 Å². The maximum Gasteiger partial charge on any atom is 0.356 e. The van der Waals surface area contributed by atoms with E-state index in [1.54, 1.807) is 0 Å². The van der Waals surface area contributed by atoms with Gasteiger partial charge in [-0.15, -0.1) is 0 Å². The van der Waals surface area contributed by atoms with Crippen molar-refractivity contribution in [2.24, 2.45) is 0 Å². The van der Waals surface area contributed by atoms with E-state index in [9.17, 15) is 9.59 Å². The molecule has 1 aromatic rings. The van der Waals surface area contributed by atoms with E-state index in [0.717, 1.165) is 17.9 Å². The normalized spacial score (nSPS) is 12.5. The van der Waals surface area contributed by atoms with E-state index in [1.807, 2.05) is 25.9 Å². The van der Waals surface area contributed by atoms with Gasteiger partial charge in [-0.3, -0.25) is 4.79 Å². The van der Waals surface area contributed by atoms with E-state index in [0.29, 0.717) is 11.7 Å².